The lowest BCUT2D eigenvalue weighted by molar-refractivity contribution is -0.134. The quantitative estimate of drug-likeness (QED) is 0.702. The predicted molar refractivity (Wildman–Crippen MR) is 96.4 cm³/mol. The van der Waals surface area contributed by atoms with Crippen molar-refractivity contribution in [1.29, 1.82) is 0 Å². The lowest BCUT2D eigenvalue weighted by Crippen LogP contribution is -2.39. The van der Waals surface area contributed by atoms with Crippen LogP contribution in [0.15, 0.2) is 33.6 Å². The molecular formula is C18H19N5O2S. The molecule has 0 saturated carbocycles. The van der Waals surface area contributed by atoms with Crippen LogP contribution < -0.4 is 0 Å². The lowest BCUT2D eigenvalue weighted by atomic mass is 10.0. The first-order valence-electron chi connectivity index (χ1n) is 8.63. The van der Waals surface area contributed by atoms with E-state index in [2.05, 4.69) is 20.2 Å². The Hall–Kier alpha value is -2.61. The van der Waals surface area contributed by atoms with Gasteiger partial charge in [0.2, 0.25) is 11.8 Å². The van der Waals surface area contributed by atoms with Crippen LogP contribution in [-0.4, -0.2) is 37.5 Å². The van der Waals surface area contributed by atoms with Gasteiger partial charge in [0.15, 0.2) is 0 Å². The van der Waals surface area contributed by atoms with E-state index in [0.717, 1.165) is 37.1 Å². The van der Waals surface area contributed by atoms with E-state index >= 15 is 0 Å². The SMILES string of the molecule is Cc1cnc(-c2nnc(C3CCCCN3C(=O)Cc3ccsc3)o2)cn1. The first kappa shape index (κ1) is 16.8. The van der Waals surface area contributed by atoms with Gasteiger partial charge in [-0.05, 0) is 48.6 Å². The molecule has 1 atom stereocenters. The molecule has 26 heavy (non-hydrogen) atoms. The third-order valence-corrected chi connectivity index (χ3v) is 5.22. The number of hydrogen-bond donors (Lipinski definition) is 0. The van der Waals surface area contributed by atoms with Crippen molar-refractivity contribution >= 4 is 17.2 Å². The van der Waals surface area contributed by atoms with E-state index in [1.807, 2.05) is 28.7 Å². The third kappa shape index (κ3) is 3.50. The Morgan fingerprint density at radius 1 is 1.31 bits per heavy atom. The number of carbonyl (C=O) groups is 1. The number of likely N-dealkylation sites (tertiary alicyclic amines) is 1. The Morgan fingerprint density at radius 2 is 2.23 bits per heavy atom. The molecule has 3 aromatic heterocycles. The van der Waals surface area contributed by atoms with Crippen molar-refractivity contribution in [3.05, 3.63) is 46.4 Å². The molecule has 1 aliphatic rings. The van der Waals surface area contributed by atoms with E-state index in [0.29, 0.717) is 23.9 Å². The van der Waals surface area contributed by atoms with Gasteiger partial charge in [-0.15, -0.1) is 10.2 Å². The fourth-order valence-corrected chi connectivity index (χ4v) is 3.80. The molecule has 1 fully saturated rings. The Kier molecular flexibility index (Phi) is 4.75. The average molecular weight is 369 g/mol. The van der Waals surface area contributed by atoms with Gasteiger partial charge in [-0.3, -0.25) is 9.78 Å². The molecule has 0 N–H and O–H groups in total. The van der Waals surface area contributed by atoms with Crippen LogP contribution in [0.1, 0.15) is 42.5 Å². The second-order valence-corrected chi connectivity index (χ2v) is 7.18. The molecule has 0 aromatic carbocycles. The maximum Gasteiger partial charge on any atom is 0.267 e. The van der Waals surface area contributed by atoms with Gasteiger partial charge in [-0.1, -0.05) is 0 Å². The molecule has 1 unspecified atom stereocenters. The van der Waals surface area contributed by atoms with Gasteiger partial charge in [0.25, 0.3) is 5.89 Å². The van der Waals surface area contributed by atoms with Crippen molar-refractivity contribution in [2.75, 3.05) is 6.54 Å². The fourth-order valence-electron chi connectivity index (χ4n) is 3.13. The molecule has 1 saturated heterocycles. The smallest absolute Gasteiger partial charge is 0.267 e. The van der Waals surface area contributed by atoms with E-state index in [4.69, 9.17) is 4.42 Å². The summed E-state index contributed by atoms with van der Waals surface area (Å²) in [5, 5.41) is 12.3. The highest BCUT2D eigenvalue weighted by Gasteiger charge is 2.32. The molecule has 8 heteroatoms. The van der Waals surface area contributed by atoms with Crippen LogP contribution in [-0.2, 0) is 11.2 Å². The maximum absolute atomic E-state index is 12.8. The molecule has 4 heterocycles. The largest absolute Gasteiger partial charge is 0.417 e. The second kappa shape index (κ2) is 7.33. The average Bonchev–Trinajstić information content (AvgIpc) is 3.34. The molecule has 1 amide bonds. The predicted octanol–water partition coefficient (Wildman–Crippen LogP) is 3.19. The minimum Gasteiger partial charge on any atom is -0.417 e. The topological polar surface area (TPSA) is 85.0 Å². The molecule has 7 nitrogen and oxygen atoms in total. The zero-order valence-electron chi connectivity index (χ0n) is 14.5. The summed E-state index contributed by atoms with van der Waals surface area (Å²) in [5.74, 6) is 0.909. The lowest BCUT2D eigenvalue weighted by Gasteiger charge is -2.33. The summed E-state index contributed by atoms with van der Waals surface area (Å²) in [5.41, 5.74) is 2.41. The molecule has 4 rings (SSSR count). The number of amides is 1. The highest BCUT2D eigenvalue weighted by atomic mass is 32.1. The number of hydrogen-bond acceptors (Lipinski definition) is 7. The Balaban J connectivity index is 1.54. The molecular weight excluding hydrogens is 350 g/mol. The molecule has 0 spiro atoms. The van der Waals surface area contributed by atoms with Gasteiger partial charge >= 0.3 is 0 Å². The van der Waals surface area contributed by atoms with E-state index in [1.54, 1.807) is 23.7 Å². The van der Waals surface area contributed by atoms with Crippen LogP contribution in [0, 0.1) is 6.92 Å². The number of carbonyl (C=O) groups excluding carboxylic acids is 1. The van der Waals surface area contributed by atoms with Gasteiger partial charge in [-0.25, -0.2) is 4.98 Å². The molecule has 134 valence electrons. The standard InChI is InChI=1S/C18H19N5O2S/c1-12-9-20-14(10-19-12)17-21-22-18(25-17)15-4-2-3-6-23(15)16(24)8-13-5-7-26-11-13/h5,7,9-11,15H,2-4,6,8H2,1H3. The summed E-state index contributed by atoms with van der Waals surface area (Å²) >= 11 is 1.60. The normalized spacial score (nSPS) is 17.4. The monoisotopic (exact) mass is 369 g/mol. The number of thiophene rings is 1. The molecule has 0 aliphatic carbocycles. The summed E-state index contributed by atoms with van der Waals surface area (Å²) in [6.45, 7) is 2.59. The number of nitrogens with zero attached hydrogens (tertiary/aromatic N) is 5. The highest BCUT2D eigenvalue weighted by molar-refractivity contribution is 7.08. The minimum absolute atomic E-state index is 0.1000. The maximum atomic E-state index is 12.8. The summed E-state index contributed by atoms with van der Waals surface area (Å²) in [6.07, 6.45) is 6.55. The summed E-state index contributed by atoms with van der Waals surface area (Å²) < 4.78 is 5.85. The first-order valence-corrected chi connectivity index (χ1v) is 9.58. The zero-order valence-corrected chi connectivity index (χ0v) is 15.3. The number of aryl methyl sites for hydroxylation is 1. The van der Waals surface area contributed by atoms with Crippen LogP contribution in [0.5, 0.6) is 0 Å². The van der Waals surface area contributed by atoms with E-state index < -0.39 is 0 Å². The van der Waals surface area contributed by atoms with Gasteiger partial charge in [0, 0.05) is 12.7 Å². The minimum atomic E-state index is -0.172. The summed E-state index contributed by atoms with van der Waals surface area (Å²) in [4.78, 5) is 23.1. The Morgan fingerprint density at radius 3 is 3.00 bits per heavy atom. The van der Waals surface area contributed by atoms with E-state index in [-0.39, 0.29) is 11.9 Å². The Bertz CT molecular complexity index is 875. The Labute approximate surface area is 155 Å². The summed E-state index contributed by atoms with van der Waals surface area (Å²) in [7, 11) is 0. The van der Waals surface area contributed by atoms with E-state index in [1.165, 1.54) is 0 Å². The van der Waals surface area contributed by atoms with Crippen molar-refractivity contribution in [2.24, 2.45) is 0 Å². The molecule has 0 bridgehead atoms. The van der Waals surface area contributed by atoms with Crippen molar-refractivity contribution in [3.63, 3.8) is 0 Å². The third-order valence-electron chi connectivity index (χ3n) is 4.48. The number of piperidine rings is 1. The first-order chi connectivity index (χ1) is 12.7. The van der Waals surface area contributed by atoms with Crippen LogP contribution >= 0.6 is 11.3 Å². The van der Waals surface area contributed by atoms with Crippen LogP contribution in [0.25, 0.3) is 11.6 Å². The number of rotatable bonds is 4. The van der Waals surface area contributed by atoms with Gasteiger partial charge in [-0.2, -0.15) is 11.3 Å². The molecule has 0 radical (unpaired) electrons. The van der Waals surface area contributed by atoms with Gasteiger partial charge < -0.3 is 9.32 Å². The van der Waals surface area contributed by atoms with Gasteiger partial charge in [0.05, 0.1) is 18.3 Å². The van der Waals surface area contributed by atoms with Crippen LogP contribution in [0.3, 0.4) is 0 Å². The fraction of sp³-hybridized carbons (Fsp3) is 0.389. The van der Waals surface area contributed by atoms with Crippen molar-refractivity contribution in [3.8, 4) is 11.6 Å². The van der Waals surface area contributed by atoms with Gasteiger partial charge in [0.1, 0.15) is 11.7 Å². The number of aromatic nitrogens is 4. The van der Waals surface area contributed by atoms with Crippen molar-refractivity contribution in [2.45, 2.75) is 38.6 Å². The molecule has 1 aliphatic heterocycles. The van der Waals surface area contributed by atoms with Crippen molar-refractivity contribution in [1.82, 2.24) is 25.1 Å². The van der Waals surface area contributed by atoms with Crippen LogP contribution in [0.4, 0.5) is 0 Å². The zero-order chi connectivity index (χ0) is 17.9. The summed E-state index contributed by atoms with van der Waals surface area (Å²) in [6, 6.07) is 1.82. The highest BCUT2D eigenvalue weighted by Crippen LogP contribution is 2.32. The molecule has 3 aromatic rings. The van der Waals surface area contributed by atoms with Crippen LogP contribution in [0.2, 0.25) is 0 Å². The van der Waals surface area contributed by atoms with E-state index in [9.17, 15) is 4.79 Å². The van der Waals surface area contributed by atoms with Crippen molar-refractivity contribution < 1.29 is 9.21 Å². The second-order valence-electron chi connectivity index (χ2n) is 6.40.